The molecule has 0 aromatic heterocycles. The minimum absolute atomic E-state index is 0.738. The maximum atomic E-state index is 8.51. The standard InChI is InChI=1S/C11H14BrNO2/c1-8(13-14)3-4-9-5-6-11(15-2)10(12)7-9/h5-7,14H,3-4H2,1-2H3. The Balaban J connectivity index is 2.67. The highest BCUT2D eigenvalue weighted by atomic mass is 79.9. The molecular weight excluding hydrogens is 258 g/mol. The summed E-state index contributed by atoms with van der Waals surface area (Å²) in [6.45, 7) is 1.80. The molecule has 0 saturated heterocycles. The van der Waals surface area contributed by atoms with Crippen LogP contribution in [0.1, 0.15) is 18.9 Å². The van der Waals surface area contributed by atoms with Crippen molar-refractivity contribution in [2.75, 3.05) is 7.11 Å². The van der Waals surface area contributed by atoms with E-state index in [9.17, 15) is 0 Å². The predicted molar refractivity (Wildman–Crippen MR) is 63.9 cm³/mol. The molecule has 0 heterocycles. The monoisotopic (exact) mass is 271 g/mol. The van der Waals surface area contributed by atoms with Crippen LogP contribution in [0.2, 0.25) is 0 Å². The van der Waals surface area contributed by atoms with Gasteiger partial charge in [-0.25, -0.2) is 0 Å². The molecule has 0 aliphatic carbocycles. The smallest absolute Gasteiger partial charge is 0.133 e. The van der Waals surface area contributed by atoms with Crippen LogP contribution in [0.25, 0.3) is 0 Å². The second-order valence-corrected chi connectivity index (χ2v) is 4.16. The van der Waals surface area contributed by atoms with Gasteiger partial charge in [-0.2, -0.15) is 0 Å². The Bertz CT molecular complexity index is 364. The lowest BCUT2D eigenvalue weighted by atomic mass is 10.1. The number of ether oxygens (including phenoxy) is 1. The molecule has 15 heavy (non-hydrogen) atoms. The molecule has 82 valence electrons. The molecule has 1 rings (SSSR count). The van der Waals surface area contributed by atoms with Crippen LogP contribution in [-0.2, 0) is 6.42 Å². The van der Waals surface area contributed by atoms with Crippen LogP contribution >= 0.6 is 15.9 Å². The third kappa shape index (κ3) is 3.55. The number of nitrogens with zero attached hydrogens (tertiary/aromatic N) is 1. The first-order valence-electron chi connectivity index (χ1n) is 4.67. The van der Waals surface area contributed by atoms with Crippen LogP contribution in [0.3, 0.4) is 0 Å². The van der Waals surface area contributed by atoms with Crippen molar-refractivity contribution < 1.29 is 9.94 Å². The summed E-state index contributed by atoms with van der Waals surface area (Å²) in [7, 11) is 1.64. The number of methoxy groups -OCH3 is 1. The van der Waals surface area contributed by atoms with E-state index in [0.29, 0.717) is 0 Å². The average molecular weight is 272 g/mol. The summed E-state index contributed by atoms with van der Waals surface area (Å²) in [6.07, 6.45) is 1.62. The fourth-order valence-corrected chi connectivity index (χ4v) is 1.83. The van der Waals surface area contributed by atoms with Crippen LogP contribution in [0, 0.1) is 0 Å². The van der Waals surface area contributed by atoms with E-state index in [0.717, 1.165) is 28.8 Å². The Morgan fingerprint density at radius 1 is 1.53 bits per heavy atom. The molecule has 3 nitrogen and oxygen atoms in total. The van der Waals surface area contributed by atoms with E-state index < -0.39 is 0 Å². The predicted octanol–water partition coefficient (Wildman–Crippen LogP) is 3.24. The molecule has 0 radical (unpaired) electrons. The van der Waals surface area contributed by atoms with Crippen molar-refractivity contribution in [2.24, 2.45) is 5.16 Å². The van der Waals surface area contributed by atoms with Crippen LogP contribution in [0.15, 0.2) is 27.8 Å². The number of oxime groups is 1. The molecule has 0 bridgehead atoms. The zero-order valence-electron chi connectivity index (χ0n) is 8.83. The molecule has 0 fully saturated rings. The summed E-state index contributed by atoms with van der Waals surface area (Å²) in [5, 5.41) is 11.6. The van der Waals surface area contributed by atoms with Gasteiger partial charge in [-0.15, -0.1) is 0 Å². The number of hydrogen-bond acceptors (Lipinski definition) is 3. The normalized spacial score (nSPS) is 11.5. The van der Waals surface area contributed by atoms with Crippen molar-refractivity contribution in [1.29, 1.82) is 0 Å². The lowest BCUT2D eigenvalue weighted by molar-refractivity contribution is 0.317. The molecule has 0 saturated carbocycles. The highest BCUT2D eigenvalue weighted by Crippen LogP contribution is 2.25. The van der Waals surface area contributed by atoms with Crippen molar-refractivity contribution in [1.82, 2.24) is 0 Å². The zero-order valence-corrected chi connectivity index (χ0v) is 10.4. The summed E-state index contributed by atoms with van der Waals surface area (Å²) in [5.74, 6) is 0.825. The second kappa shape index (κ2) is 5.75. The van der Waals surface area contributed by atoms with E-state index in [1.807, 2.05) is 18.2 Å². The summed E-state index contributed by atoms with van der Waals surface area (Å²) in [5.41, 5.74) is 1.92. The maximum absolute atomic E-state index is 8.51. The number of benzene rings is 1. The van der Waals surface area contributed by atoms with Crippen LogP contribution in [0.5, 0.6) is 5.75 Å². The van der Waals surface area contributed by atoms with Gasteiger partial charge >= 0.3 is 0 Å². The van der Waals surface area contributed by atoms with Crippen LogP contribution in [0.4, 0.5) is 0 Å². The molecule has 0 spiro atoms. The number of rotatable bonds is 4. The SMILES string of the molecule is COc1ccc(CCC(C)=NO)cc1Br. The molecule has 1 N–H and O–H groups in total. The molecule has 0 atom stereocenters. The molecule has 0 unspecified atom stereocenters. The van der Waals surface area contributed by atoms with E-state index in [1.54, 1.807) is 14.0 Å². The van der Waals surface area contributed by atoms with E-state index in [-0.39, 0.29) is 0 Å². The lowest BCUT2D eigenvalue weighted by Gasteiger charge is -2.05. The van der Waals surface area contributed by atoms with Crippen molar-refractivity contribution in [3.8, 4) is 5.75 Å². The summed E-state index contributed by atoms with van der Waals surface area (Å²) in [4.78, 5) is 0. The molecule has 0 amide bonds. The molecule has 0 aliphatic rings. The third-order valence-electron chi connectivity index (χ3n) is 2.16. The Morgan fingerprint density at radius 2 is 2.27 bits per heavy atom. The number of halogens is 1. The van der Waals surface area contributed by atoms with Crippen molar-refractivity contribution in [3.63, 3.8) is 0 Å². The second-order valence-electron chi connectivity index (χ2n) is 3.30. The van der Waals surface area contributed by atoms with Gasteiger partial charge in [-0.3, -0.25) is 0 Å². The first-order valence-corrected chi connectivity index (χ1v) is 5.46. The minimum atomic E-state index is 0.738. The van der Waals surface area contributed by atoms with Gasteiger partial charge in [0.05, 0.1) is 17.3 Å². The van der Waals surface area contributed by atoms with Gasteiger partial charge < -0.3 is 9.94 Å². The Hall–Kier alpha value is -1.03. The summed E-state index contributed by atoms with van der Waals surface area (Å²) < 4.78 is 6.08. The van der Waals surface area contributed by atoms with Gasteiger partial charge in [-0.05, 0) is 53.4 Å². The van der Waals surface area contributed by atoms with Crippen molar-refractivity contribution in [3.05, 3.63) is 28.2 Å². The summed E-state index contributed by atoms with van der Waals surface area (Å²) >= 11 is 3.43. The number of aryl methyl sites for hydroxylation is 1. The van der Waals surface area contributed by atoms with Gasteiger partial charge in [0, 0.05) is 0 Å². The van der Waals surface area contributed by atoms with Crippen LogP contribution in [-0.4, -0.2) is 18.0 Å². The van der Waals surface area contributed by atoms with Gasteiger partial charge in [0.15, 0.2) is 0 Å². The molecule has 4 heteroatoms. The highest BCUT2D eigenvalue weighted by Gasteiger charge is 2.02. The van der Waals surface area contributed by atoms with Crippen molar-refractivity contribution >= 4 is 21.6 Å². The maximum Gasteiger partial charge on any atom is 0.133 e. The Kier molecular flexibility index (Phi) is 4.62. The van der Waals surface area contributed by atoms with Gasteiger partial charge in [0.25, 0.3) is 0 Å². The fraction of sp³-hybridized carbons (Fsp3) is 0.364. The topological polar surface area (TPSA) is 41.8 Å². The third-order valence-corrected chi connectivity index (χ3v) is 2.78. The largest absolute Gasteiger partial charge is 0.496 e. The quantitative estimate of drug-likeness (QED) is 0.519. The molecule has 1 aromatic rings. The lowest BCUT2D eigenvalue weighted by Crippen LogP contribution is -1.95. The van der Waals surface area contributed by atoms with E-state index in [2.05, 4.69) is 21.1 Å². The van der Waals surface area contributed by atoms with Crippen LogP contribution < -0.4 is 4.74 Å². The van der Waals surface area contributed by atoms with Crippen molar-refractivity contribution in [2.45, 2.75) is 19.8 Å². The minimum Gasteiger partial charge on any atom is -0.496 e. The molecule has 1 aromatic carbocycles. The molecule has 0 aliphatic heterocycles. The summed E-state index contributed by atoms with van der Waals surface area (Å²) in [6, 6.07) is 5.95. The average Bonchev–Trinajstić information content (AvgIpc) is 2.26. The Labute approximate surface area is 97.9 Å². The van der Waals surface area contributed by atoms with Gasteiger partial charge in [0.1, 0.15) is 5.75 Å². The van der Waals surface area contributed by atoms with E-state index >= 15 is 0 Å². The van der Waals surface area contributed by atoms with Gasteiger partial charge in [-0.1, -0.05) is 11.2 Å². The molecular formula is C11H14BrNO2. The fourth-order valence-electron chi connectivity index (χ4n) is 1.24. The highest BCUT2D eigenvalue weighted by molar-refractivity contribution is 9.10. The first-order chi connectivity index (χ1) is 7.17. The first kappa shape index (κ1) is 12.0. The number of hydrogen-bond donors (Lipinski definition) is 1. The van der Waals surface area contributed by atoms with Gasteiger partial charge in [0.2, 0.25) is 0 Å². The Morgan fingerprint density at radius 3 is 2.80 bits per heavy atom. The van der Waals surface area contributed by atoms with E-state index in [4.69, 9.17) is 9.94 Å². The zero-order chi connectivity index (χ0) is 11.3. The van der Waals surface area contributed by atoms with E-state index in [1.165, 1.54) is 5.56 Å².